The quantitative estimate of drug-likeness (QED) is 0.752. The summed E-state index contributed by atoms with van der Waals surface area (Å²) in [5.41, 5.74) is -2.20. The van der Waals surface area contributed by atoms with Crippen LogP contribution in [0, 0.1) is 0 Å². The molecule has 0 atom stereocenters. The maximum Gasteiger partial charge on any atom is 0.446 e. The molecule has 0 spiro atoms. The van der Waals surface area contributed by atoms with Crippen molar-refractivity contribution in [1.29, 1.82) is 0 Å². The molecule has 0 fully saturated rings. The number of hydrogen-bond donors (Lipinski definition) is 1. The molecule has 21 heavy (non-hydrogen) atoms. The summed E-state index contributed by atoms with van der Waals surface area (Å²) in [6.45, 7) is 1.27. The molecule has 0 saturated carbocycles. The van der Waals surface area contributed by atoms with Crippen LogP contribution in [0.5, 0.6) is 0 Å². The average Bonchev–Trinajstić information content (AvgIpc) is 2.41. The number of thioether (sulfide) groups is 1. The minimum Gasteiger partial charge on any atom is -0.309 e. The second kappa shape index (κ2) is 7.20. The van der Waals surface area contributed by atoms with Crippen LogP contribution in [0.1, 0.15) is 11.1 Å². The van der Waals surface area contributed by atoms with Gasteiger partial charge in [0.15, 0.2) is 0 Å². The molecule has 0 heterocycles. The van der Waals surface area contributed by atoms with Crippen molar-refractivity contribution in [3.8, 4) is 0 Å². The van der Waals surface area contributed by atoms with Gasteiger partial charge in [0.2, 0.25) is 0 Å². The predicted octanol–water partition coefficient (Wildman–Crippen LogP) is 5.24. The van der Waals surface area contributed by atoms with Gasteiger partial charge >= 0.3 is 5.51 Å². The van der Waals surface area contributed by atoms with Gasteiger partial charge in [-0.05, 0) is 47.2 Å². The zero-order valence-electron chi connectivity index (χ0n) is 11.0. The van der Waals surface area contributed by atoms with Crippen LogP contribution >= 0.6 is 23.4 Å². The Morgan fingerprint density at radius 1 is 0.857 bits per heavy atom. The molecule has 0 bridgehead atoms. The first-order valence-corrected chi connectivity index (χ1v) is 7.42. The maximum absolute atomic E-state index is 12.2. The van der Waals surface area contributed by atoms with Crippen LogP contribution < -0.4 is 5.32 Å². The van der Waals surface area contributed by atoms with E-state index in [0.29, 0.717) is 18.1 Å². The Hall–Kier alpha value is -1.17. The molecular weight excluding hydrogens is 319 g/mol. The fraction of sp³-hybridized carbons (Fsp3) is 0.200. The summed E-state index contributed by atoms with van der Waals surface area (Å²) in [6.07, 6.45) is 0. The third-order valence-electron chi connectivity index (χ3n) is 2.73. The van der Waals surface area contributed by atoms with Crippen LogP contribution in [0.4, 0.5) is 13.2 Å². The van der Waals surface area contributed by atoms with E-state index in [1.54, 1.807) is 12.1 Å². The lowest BCUT2D eigenvalue weighted by molar-refractivity contribution is -0.0328. The third-order valence-corrected chi connectivity index (χ3v) is 3.72. The molecule has 1 nitrogen and oxygen atoms in total. The highest BCUT2D eigenvalue weighted by molar-refractivity contribution is 8.00. The van der Waals surface area contributed by atoms with Gasteiger partial charge in [0, 0.05) is 23.0 Å². The van der Waals surface area contributed by atoms with E-state index in [0.717, 1.165) is 11.1 Å². The van der Waals surface area contributed by atoms with Gasteiger partial charge in [0.05, 0.1) is 0 Å². The predicted molar refractivity (Wildman–Crippen MR) is 80.3 cm³/mol. The van der Waals surface area contributed by atoms with Gasteiger partial charge in [-0.25, -0.2) is 0 Å². The molecular formula is C15H13ClF3NS. The Morgan fingerprint density at radius 2 is 1.33 bits per heavy atom. The first kappa shape index (κ1) is 16.2. The Labute approximate surface area is 130 Å². The van der Waals surface area contributed by atoms with Crippen molar-refractivity contribution in [3.05, 3.63) is 64.7 Å². The standard InChI is InChI=1S/C15H13ClF3NS/c16-13-5-1-11(2-6-13)9-20-10-12-3-7-14(8-4-12)21-15(17,18)19/h1-8,20H,9-10H2. The number of rotatable bonds is 5. The molecule has 2 aromatic rings. The van der Waals surface area contributed by atoms with Gasteiger partial charge in [-0.2, -0.15) is 13.2 Å². The fourth-order valence-electron chi connectivity index (χ4n) is 1.76. The Kier molecular flexibility index (Phi) is 5.56. The van der Waals surface area contributed by atoms with Crippen molar-refractivity contribution in [3.63, 3.8) is 0 Å². The number of hydrogen-bond acceptors (Lipinski definition) is 2. The average molecular weight is 332 g/mol. The molecule has 2 aromatic carbocycles. The van der Waals surface area contributed by atoms with Crippen molar-refractivity contribution in [1.82, 2.24) is 5.32 Å². The summed E-state index contributed by atoms with van der Waals surface area (Å²) < 4.78 is 36.6. The van der Waals surface area contributed by atoms with Gasteiger partial charge in [-0.3, -0.25) is 0 Å². The molecule has 112 valence electrons. The van der Waals surface area contributed by atoms with E-state index < -0.39 is 5.51 Å². The topological polar surface area (TPSA) is 12.0 Å². The smallest absolute Gasteiger partial charge is 0.309 e. The molecule has 0 aliphatic heterocycles. The van der Waals surface area contributed by atoms with Crippen LogP contribution in [0.3, 0.4) is 0 Å². The van der Waals surface area contributed by atoms with Gasteiger partial charge < -0.3 is 5.32 Å². The van der Waals surface area contributed by atoms with Gasteiger partial charge in [-0.15, -0.1) is 0 Å². The molecule has 1 N–H and O–H groups in total. The van der Waals surface area contributed by atoms with Crippen LogP contribution in [-0.4, -0.2) is 5.51 Å². The normalized spacial score (nSPS) is 11.6. The Bertz CT molecular complexity index is 567. The maximum atomic E-state index is 12.2. The molecule has 0 aliphatic rings. The van der Waals surface area contributed by atoms with Crippen molar-refractivity contribution < 1.29 is 13.2 Å². The van der Waals surface area contributed by atoms with E-state index in [-0.39, 0.29) is 16.7 Å². The Balaban J connectivity index is 1.82. The number of alkyl halides is 3. The van der Waals surface area contributed by atoms with E-state index in [1.165, 1.54) is 12.1 Å². The highest BCUT2D eigenvalue weighted by atomic mass is 35.5. The Morgan fingerprint density at radius 3 is 1.81 bits per heavy atom. The van der Waals surface area contributed by atoms with Crippen molar-refractivity contribution in [2.24, 2.45) is 0 Å². The second-order valence-corrected chi connectivity index (χ2v) is 6.00. The fourth-order valence-corrected chi connectivity index (χ4v) is 2.43. The van der Waals surface area contributed by atoms with Crippen LogP contribution in [-0.2, 0) is 13.1 Å². The molecule has 0 aromatic heterocycles. The largest absolute Gasteiger partial charge is 0.446 e. The van der Waals surface area contributed by atoms with Crippen molar-refractivity contribution in [2.75, 3.05) is 0 Å². The van der Waals surface area contributed by atoms with E-state index in [1.807, 2.05) is 24.3 Å². The van der Waals surface area contributed by atoms with Gasteiger partial charge in [0.25, 0.3) is 0 Å². The molecule has 0 saturated heterocycles. The molecule has 6 heteroatoms. The lowest BCUT2D eigenvalue weighted by Gasteiger charge is -2.08. The highest BCUT2D eigenvalue weighted by Gasteiger charge is 2.28. The molecule has 0 radical (unpaired) electrons. The zero-order chi connectivity index (χ0) is 15.3. The van der Waals surface area contributed by atoms with Crippen LogP contribution in [0.25, 0.3) is 0 Å². The van der Waals surface area contributed by atoms with Crippen molar-refractivity contribution >= 4 is 23.4 Å². The first-order valence-electron chi connectivity index (χ1n) is 6.22. The second-order valence-electron chi connectivity index (χ2n) is 4.42. The summed E-state index contributed by atoms with van der Waals surface area (Å²) in [7, 11) is 0. The van der Waals surface area contributed by atoms with Gasteiger partial charge in [0.1, 0.15) is 0 Å². The SMILES string of the molecule is FC(F)(F)Sc1ccc(CNCc2ccc(Cl)cc2)cc1. The summed E-state index contributed by atoms with van der Waals surface area (Å²) in [5, 5.41) is 3.92. The minimum absolute atomic E-state index is 0.101. The highest BCUT2D eigenvalue weighted by Crippen LogP contribution is 2.36. The molecule has 2 rings (SSSR count). The summed E-state index contributed by atoms with van der Waals surface area (Å²) >= 11 is 5.70. The molecule has 0 amide bonds. The van der Waals surface area contributed by atoms with Gasteiger partial charge in [-0.1, -0.05) is 35.9 Å². The summed E-state index contributed by atoms with van der Waals surface area (Å²) in [6, 6.07) is 13.9. The van der Waals surface area contributed by atoms with Crippen LogP contribution in [0.15, 0.2) is 53.4 Å². The lowest BCUT2D eigenvalue weighted by atomic mass is 10.2. The third kappa shape index (κ3) is 5.99. The molecule has 0 unspecified atom stereocenters. The van der Waals surface area contributed by atoms with Crippen molar-refractivity contribution in [2.45, 2.75) is 23.5 Å². The van der Waals surface area contributed by atoms with E-state index >= 15 is 0 Å². The van der Waals surface area contributed by atoms with Crippen LogP contribution in [0.2, 0.25) is 5.02 Å². The first-order chi connectivity index (χ1) is 9.92. The molecule has 0 aliphatic carbocycles. The lowest BCUT2D eigenvalue weighted by Crippen LogP contribution is -2.12. The number of nitrogens with one attached hydrogen (secondary N) is 1. The summed E-state index contributed by atoms with van der Waals surface area (Å²) in [4.78, 5) is 0.198. The monoisotopic (exact) mass is 331 g/mol. The number of benzene rings is 2. The zero-order valence-corrected chi connectivity index (χ0v) is 12.5. The van der Waals surface area contributed by atoms with E-state index in [4.69, 9.17) is 11.6 Å². The number of halogens is 4. The van der Waals surface area contributed by atoms with E-state index in [2.05, 4.69) is 5.32 Å². The van der Waals surface area contributed by atoms with E-state index in [9.17, 15) is 13.2 Å². The minimum atomic E-state index is -4.24. The summed E-state index contributed by atoms with van der Waals surface area (Å²) in [5.74, 6) is 0.